The van der Waals surface area contributed by atoms with E-state index < -0.39 is 0 Å². The van der Waals surface area contributed by atoms with Crippen LogP contribution in [0.15, 0.2) is 18.2 Å². The quantitative estimate of drug-likeness (QED) is 0.775. The van der Waals surface area contributed by atoms with Crippen molar-refractivity contribution in [3.05, 3.63) is 23.2 Å². The van der Waals surface area contributed by atoms with Crippen molar-refractivity contribution in [2.45, 2.75) is 13.3 Å². The Morgan fingerprint density at radius 3 is 3.00 bits per heavy atom. The van der Waals surface area contributed by atoms with Crippen LogP contribution in [0.25, 0.3) is 0 Å². The van der Waals surface area contributed by atoms with Crippen LogP contribution in [-0.2, 0) is 4.79 Å². The lowest BCUT2D eigenvalue weighted by Crippen LogP contribution is -2.29. The molecule has 0 aliphatic carbocycles. The summed E-state index contributed by atoms with van der Waals surface area (Å²) in [5.41, 5.74) is 6.12. The van der Waals surface area contributed by atoms with E-state index in [1.54, 1.807) is 18.2 Å². The molecule has 0 aliphatic heterocycles. The van der Waals surface area contributed by atoms with Crippen LogP contribution in [0.4, 0.5) is 5.69 Å². The summed E-state index contributed by atoms with van der Waals surface area (Å²) in [6.45, 7) is 2.58. The average Bonchev–Trinajstić information content (AvgIpc) is 2.27. The number of benzene rings is 1. The molecule has 1 amide bonds. The van der Waals surface area contributed by atoms with E-state index in [0.717, 1.165) is 6.42 Å². The summed E-state index contributed by atoms with van der Waals surface area (Å²) in [4.78, 5) is 11.3. The van der Waals surface area contributed by atoms with Gasteiger partial charge in [-0.2, -0.15) is 0 Å². The zero-order valence-electron chi connectivity index (χ0n) is 9.13. The van der Waals surface area contributed by atoms with Gasteiger partial charge in [-0.05, 0) is 18.6 Å². The van der Waals surface area contributed by atoms with Gasteiger partial charge in [0.05, 0.1) is 5.02 Å². The number of halogens is 1. The molecule has 0 radical (unpaired) electrons. The minimum atomic E-state index is -0.166. The van der Waals surface area contributed by atoms with Crippen molar-refractivity contribution in [2.24, 2.45) is 0 Å². The SMILES string of the molecule is CCCNC(=O)COc1cc(N)ccc1Cl. The Balaban J connectivity index is 2.47. The molecule has 16 heavy (non-hydrogen) atoms. The van der Waals surface area contributed by atoms with Gasteiger partial charge in [-0.3, -0.25) is 4.79 Å². The molecule has 5 heteroatoms. The van der Waals surface area contributed by atoms with E-state index in [9.17, 15) is 4.79 Å². The van der Waals surface area contributed by atoms with E-state index in [1.807, 2.05) is 6.92 Å². The van der Waals surface area contributed by atoms with Crippen molar-refractivity contribution in [2.75, 3.05) is 18.9 Å². The van der Waals surface area contributed by atoms with Gasteiger partial charge in [0.2, 0.25) is 0 Å². The molecule has 0 atom stereocenters. The van der Waals surface area contributed by atoms with E-state index >= 15 is 0 Å². The fourth-order valence-electron chi connectivity index (χ4n) is 1.09. The highest BCUT2D eigenvalue weighted by atomic mass is 35.5. The average molecular weight is 243 g/mol. The van der Waals surface area contributed by atoms with Crippen LogP contribution in [0.1, 0.15) is 13.3 Å². The Bertz CT molecular complexity index is 369. The Hall–Kier alpha value is -1.42. The van der Waals surface area contributed by atoms with Gasteiger partial charge in [0.1, 0.15) is 5.75 Å². The number of hydrogen-bond acceptors (Lipinski definition) is 3. The Morgan fingerprint density at radius 2 is 2.31 bits per heavy atom. The molecule has 4 nitrogen and oxygen atoms in total. The monoisotopic (exact) mass is 242 g/mol. The second-order valence-corrected chi connectivity index (χ2v) is 3.74. The normalized spacial score (nSPS) is 9.88. The van der Waals surface area contributed by atoms with Crippen molar-refractivity contribution in [1.82, 2.24) is 5.32 Å². The van der Waals surface area contributed by atoms with E-state index in [0.29, 0.717) is 23.0 Å². The lowest BCUT2D eigenvalue weighted by molar-refractivity contribution is -0.123. The number of nitrogens with one attached hydrogen (secondary N) is 1. The van der Waals surface area contributed by atoms with Gasteiger partial charge in [0, 0.05) is 18.3 Å². The van der Waals surface area contributed by atoms with Gasteiger partial charge in [-0.25, -0.2) is 0 Å². The molecule has 1 aromatic rings. The molecule has 0 saturated carbocycles. The summed E-state index contributed by atoms with van der Waals surface area (Å²) in [7, 11) is 0. The van der Waals surface area contributed by atoms with E-state index in [4.69, 9.17) is 22.1 Å². The zero-order valence-corrected chi connectivity index (χ0v) is 9.88. The number of rotatable bonds is 5. The predicted molar refractivity (Wildman–Crippen MR) is 64.7 cm³/mol. The molecule has 0 bridgehead atoms. The Kier molecular flexibility index (Phi) is 4.92. The molecule has 1 rings (SSSR count). The Labute approximate surface area is 99.7 Å². The van der Waals surface area contributed by atoms with Gasteiger partial charge in [-0.1, -0.05) is 18.5 Å². The topological polar surface area (TPSA) is 64.3 Å². The Morgan fingerprint density at radius 1 is 1.56 bits per heavy atom. The fraction of sp³-hybridized carbons (Fsp3) is 0.364. The van der Waals surface area contributed by atoms with E-state index in [2.05, 4.69) is 5.32 Å². The number of ether oxygens (including phenoxy) is 1. The minimum absolute atomic E-state index is 0.0524. The van der Waals surface area contributed by atoms with Gasteiger partial charge in [0.25, 0.3) is 5.91 Å². The first-order valence-corrected chi connectivity index (χ1v) is 5.45. The molecule has 0 unspecified atom stereocenters. The lowest BCUT2D eigenvalue weighted by Gasteiger charge is -2.08. The molecule has 1 aromatic carbocycles. The highest BCUT2D eigenvalue weighted by Crippen LogP contribution is 2.26. The molecule has 3 N–H and O–H groups in total. The third-order valence-electron chi connectivity index (χ3n) is 1.89. The summed E-state index contributed by atoms with van der Waals surface area (Å²) in [6, 6.07) is 4.90. The number of hydrogen-bond donors (Lipinski definition) is 2. The smallest absolute Gasteiger partial charge is 0.257 e. The third-order valence-corrected chi connectivity index (χ3v) is 2.20. The molecular formula is C11H15ClN2O2. The highest BCUT2D eigenvalue weighted by Gasteiger charge is 2.05. The van der Waals surface area contributed by atoms with Crippen LogP contribution >= 0.6 is 11.6 Å². The summed E-state index contributed by atoms with van der Waals surface area (Å²) in [5, 5.41) is 3.14. The van der Waals surface area contributed by atoms with Crippen molar-refractivity contribution in [3.63, 3.8) is 0 Å². The fourth-order valence-corrected chi connectivity index (χ4v) is 1.26. The molecule has 0 fully saturated rings. The molecule has 0 heterocycles. The van der Waals surface area contributed by atoms with Crippen molar-refractivity contribution in [1.29, 1.82) is 0 Å². The molecule has 0 saturated heterocycles. The predicted octanol–water partition coefficient (Wildman–Crippen LogP) is 1.83. The molecule has 88 valence electrons. The summed E-state index contributed by atoms with van der Waals surface area (Å²) in [6.07, 6.45) is 0.894. The number of nitrogens with two attached hydrogens (primary N) is 1. The maximum atomic E-state index is 11.3. The van der Waals surface area contributed by atoms with Crippen LogP contribution in [0.2, 0.25) is 5.02 Å². The highest BCUT2D eigenvalue weighted by molar-refractivity contribution is 6.32. The van der Waals surface area contributed by atoms with Crippen LogP contribution in [0.5, 0.6) is 5.75 Å². The van der Waals surface area contributed by atoms with Crippen LogP contribution in [0, 0.1) is 0 Å². The van der Waals surface area contributed by atoms with Crippen molar-refractivity contribution >= 4 is 23.2 Å². The van der Waals surface area contributed by atoms with Crippen LogP contribution < -0.4 is 15.8 Å². The number of anilines is 1. The van der Waals surface area contributed by atoms with Crippen molar-refractivity contribution in [3.8, 4) is 5.75 Å². The minimum Gasteiger partial charge on any atom is -0.482 e. The largest absolute Gasteiger partial charge is 0.482 e. The number of nitrogen functional groups attached to an aromatic ring is 1. The van der Waals surface area contributed by atoms with Crippen LogP contribution in [-0.4, -0.2) is 19.1 Å². The standard InChI is InChI=1S/C11H15ClN2O2/c1-2-5-14-11(15)7-16-10-6-8(13)3-4-9(10)12/h3-4,6H,2,5,7,13H2,1H3,(H,14,15). The molecule has 0 aliphatic rings. The van der Waals surface area contributed by atoms with Gasteiger partial charge in [0.15, 0.2) is 6.61 Å². The number of amides is 1. The first-order valence-electron chi connectivity index (χ1n) is 5.08. The first-order chi connectivity index (χ1) is 7.63. The lowest BCUT2D eigenvalue weighted by atomic mass is 10.3. The van der Waals surface area contributed by atoms with Gasteiger partial charge in [-0.15, -0.1) is 0 Å². The van der Waals surface area contributed by atoms with Crippen LogP contribution in [0.3, 0.4) is 0 Å². The van der Waals surface area contributed by atoms with Crippen molar-refractivity contribution < 1.29 is 9.53 Å². The third kappa shape index (κ3) is 3.98. The van der Waals surface area contributed by atoms with E-state index in [1.165, 1.54) is 0 Å². The van der Waals surface area contributed by atoms with Gasteiger partial charge < -0.3 is 15.8 Å². The zero-order chi connectivity index (χ0) is 12.0. The second kappa shape index (κ2) is 6.23. The first kappa shape index (κ1) is 12.6. The van der Waals surface area contributed by atoms with E-state index in [-0.39, 0.29) is 12.5 Å². The second-order valence-electron chi connectivity index (χ2n) is 3.33. The number of carbonyl (C=O) groups excluding carboxylic acids is 1. The maximum absolute atomic E-state index is 11.3. The number of carbonyl (C=O) groups is 1. The maximum Gasteiger partial charge on any atom is 0.257 e. The summed E-state index contributed by atoms with van der Waals surface area (Å²) >= 11 is 5.87. The molecular weight excluding hydrogens is 228 g/mol. The van der Waals surface area contributed by atoms with Gasteiger partial charge >= 0.3 is 0 Å². The summed E-state index contributed by atoms with van der Waals surface area (Å²) in [5.74, 6) is 0.258. The molecule has 0 spiro atoms. The summed E-state index contributed by atoms with van der Waals surface area (Å²) < 4.78 is 5.25. The molecule has 0 aromatic heterocycles.